The lowest BCUT2D eigenvalue weighted by atomic mass is 10.0. The lowest BCUT2D eigenvalue weighted by Crippen LogP contribution is -2.18. The van der Waals surface area contributed by atoms with E-state index in [-0.39, 0.29) is 11.8 Å². The Bertz CT molecular complexity index is 450. The molecular weight excluding hydrogens is 242 g/mol. The highest BCUT2D eigenvalue weighted by molar-refractivity contribution is 5.92. The molecule has 0 aliphatic carbocycles. The molecule has 0 bridgehead atoms. The van der Waals surface area contributed by atoms with Gasteiger partial charge in [0.25, 0.3) is 0 Å². The number of carbonyl (C=O) groups excluding carboxylic acids is 2. The van der Waals surface area contributed by atoms with Crippen molar-refractivity contribution in [3.8, 4) is 0 Å². The number of benzene rings is 1. The van der Waals surface area contributed by atoms with E-state index in [1.54, 1.807) is 24.3 Å². The van der Waals surface area contributed by atoms with Crippen LogP contribution in [0.1, 0.15) is 19.8 Å². The van der Waals surface area contributed by atoms with Gasteiger partial charge in [-0.25, -0.2) is 0 Å². The van der Waals surface area contributed by atoms with Crippen LogP contribution in [-0.4, -0.2) is 24.9 Å². The van der Waals surface area contributed by atoms with E-state index in [2.05, 4.69) is 16.0 Å². The molecule has 1 aliphatic heterocycles. The van der Waals surface area contributed by atoms with Crippen molar-refractivity contribution in [2.45, 2.75) is 19.8 Å². The van der Waals surface area contributed by atoms with Gasteiger partial charge in [-0.15, -0.1) is 0 Å². The van der Waals surface area contributed by atoms with Crippen molar-refractivity contribution in [1.29, 1.82) is 0 Å². The zero-order valence-electron chi connectivity index (χ0n) is 11.0. The summed E-state index contributed by atoms with van der Waals surface area (Å²) in [7, 11) is 0. The molecule has 1 aromatic rings. The highest BCUT2D eigenvalue weighted by Gasteiger charge is 2.17. The van der Waals surface area contributed by atoms with E-state index in [4.69, 9.17) is 0 Å². The molecule has 1 heterocycles. The molecule has 2 rings (SSSR count). The molecule has 1 atom stereocenters. The fourth-order valence-corrected chi connectivity index (χ4v) is 2.20. The summed E-state index contributed by atoms with van der Waals surface area (Å²) in [5.74, 6) is 0.380. The van der Waals surface area contributed by atoms with Gasteiger partial charge in [-0.3, -0.25) is 9.59 Å². The SMILES string of the molecule is CC(=O)Nc1ccc(NC(=O)CC2CCNC2)cc1. The summed E-state index contributed by atoms with van der Waals surface area (Å²) < 4.78 is 0. The van der Waals surface area contributed by atoms with Gasteiger partial charge in [0.05, 0.1) is 0 Å². The third-order valence-corrected chi connectivity index (χ3v) is 3.13. The molecule has 0 radical (unpaired) electrons. The first kappa shape index (κ1) is 13.5. The molecule has 19 heavy (non-hydrogen) atoms. The Kier molecular flexibility index (Phi) is 4.52. The first-order valence-corrected chi connectivity index (χ1v) is 6.52. The topological polar surface area (TPSA) is 70.2 Å². The third kappa shape index (κ3) is 4.37. The number of hydrogen-bond donors (Lipinski definition) is 3. The van der Waals surface area contributed by atoms with Crippen molar-refractivity contribution in [2.24, 2.45) is 5.92 Å². The number of carbonyl (C=O) groups is 2. The molecule has 1 aliphatic rings. The summed E-state index contributed by atoms with van der Waals surface area (Å²) >= 11 is 0. The van der Waals surface area contributed by atoms with Crippen molar-refractivity contribution >= 4 is 23.2 Å². The van der Waals surface area contributed by atoms with Crippen molar-refractivity contribution in [2.75, 3.05) is 23.7 Å². The molecular formula is C14H19N3O2. The molecule has 1 unspecified atom stereocenters. The van der Waals surface area contributed by atoms with Crippen molar-refractivity contribution in [1.82, 2.24) is 5.32 Å². The fourth-order valence-electron chi connectivity index (χ4n) is 2.20. The zero-order valence-corrected chi connectivity index (χ0v) is 11.0. The number of amides is 2. The van der Waals surface area contributed by atoms with E-state index >= 15 is 0 Å². The Hall–Kier alpha value is -1.88. The monoisotopic (exact) mass is 261 g/mol. The highest BCUT2D eigenvalue weighted by Crippen LogP contribution is 2.16. The van der Waals surface area contributed by atoms with Crippen LogP contribution in [-0.2, 0) is 9.59 Å². The van der Waals surface area contributed by atoms with E-state index in [0.29, 0.717) is 12.3 Å². The third-order valence-electron chi connectivity index (χ3n) is 3.13. The van der Waals surface area contributed by atoms with Crippen LogP contribution in [0.2, 0.25) is 0 Å². The molecule has 3 N–H and O–H groups in total. The second kappa shape index (κ2) is 6.33. The number of nitrogens with one attached hydrogen (secondary N) is 3. The normalized spacial score (nSPS) is 18.1. The number of hydrogen-bond acceptors (Lipinski definition) is 3. The molecule has 2 amide bonds. The maximum absolute atomic E-state index is 11.8. The fraction of sp³-hybridized carbons (Fsp3) is 0.429. The van der Waals surface area contributed by atoms with Crippen LogP contribution < -0.4 is 16.0 Å². The lowest BCUT2D eigenvalue weighted by molar-refractivity contribution is -0.117. The summed E-state index contributed by atoms with van der Waals surface area (Å²) in [5, 5.41) is 8.80. The smallest absolute Gasteiger partial charge is 0.224 e. The minimum absolute atomic E-state index is 0.0426. The quantitative estimate of drug-likeness (QED) is 0.770. The Morgan fingerprint density at radius 2 is 1.84 bits per heavy atom. The van der Waals surface area contributed by atoms with Crippen LogP contribution in [0, 0.1) is 5.92 Å². The molecule has 5 heteroatoms. The molecule has 5 nitrogen and oxygen atoms in total. The van der Waals surface area contributed by atoms with E-state index < -0.39 is 0 Å². The zero-order chi connectivity index (χ0) is 13.7. The molecule has 1 saturated heterocycles. The summed E-state index contributed by atoms with van der Waals surface area (Å²) in [4.78, 5) is 22.7. The molecule has 102 valence electrons. The van der Waals surface area contributed by atoms with Crippen LogP contribution >= 0.6 is 0 Å². The van der Waals surface area contributed by atoms with Crippen LogP contribution in [0.5, 0.6) is 0 Å². The Morgan fingerprint density at radius 1 is 1.21 bits per heavy atom. The van der Waals surface area contributed by atoms with E-state index in [0.717, 1.165) is 30.9 Å². The first-order valence-electron chi connectivity index (χ1n) is 6.52. The average molecular weight is 261 g/mol. The van der Waals surface area contributed by atoms with Crippen molar-refractivity contribution in [3.63, 3.8) is 0 Å². The molecule has 0 aromatic heterocycles. The van der Waals surface area contributed by atoms with Crippen molar-refractivity contribution < 1.29 is 9.59 Å². The van der Waals surface area contributed by atoms with Gasteiger partial charge in [-0.2, -0.15) is 0 Å². The van der Waals surface area contributed by atoms with Gasteiger partial charge in [-0.1, -0.05) is 0 Å². The van der Waals surface area contributed by atoms with Crippen molar-refractivity contribution in [3.05, 3.63) is 24.3 Å². The second-order valence-electron chi connectivity index (χ2n) is 4.87. The van der Waals surface area contributed by atoms with Crippen LogP contribution in [0.3, 0.4) is 0 Å². The maximum atomic E-state index is 11.8. The van der Waals surface area contributed by atoms with Crippen LogP contribution in [0.25, 0.3) is 0 Å². The summed E-state index contributed by atoms with van der Waals surface area (Å²) in [6.45, 7) is 3.39. The van der Waals surface area contributed by atoms with Gasteiger partial charge in [0.15, 0.2) is 0 Å². The summed E-state index contributed by atoms with van der Waals surface area (Å²) in [5.41, 5.74) is 1.48. The van der Waals surface area contributed by atoms with Crippen LogP contribution in [0.15, 0.2) is 24.3 Å². The van der Waals surface area contributed by atoms with Gasteiger partial charge in [0, 0.05) is 24.7 Å². The summed E-state index contributed by atoms with van der Waals surface area (Å²) in [6, 6.07) is 7.12. The van der Waals surface area contributed by atoms with Crippen LogP contribution in [0.4, 0.5) is 11.4 Å². The summed E-state index contributed by atoms with van der Waals surface area (Å²) in [6.07, 6.45) is 1.62. The van der Waals surface area contributed by atoms with Gasteiger partial charge in [0.1, 0.15) is 0 Å². The lowest BCUT2D eigenvalue weighted by Gasteiger charge is -2.09. The van der Waals surface area contributed by atoms with Gasteiger partial charge < -0.3 is 16.0 Å². The minimum Gasteiger partial charge on any atom is -0.326 e. The Labute approximate surface area is 112 Å². The molecule has 1 aromatic carbocycles. The minimum atomic E-state index is -0.106. The number of anilines is 2. The van der Waals surface area contributed by atoms with E-state index in [1.165, 1.54) is 6.92 Å². The molecule has 1 fully saturated rings. The largest absolute Gasteiger partial charge is 0.326 e. The Balaban J connectivity index is 1.84. The standard InChI is InChI=1S/C14H19N3O2/c1-10(18)16-12-2-4-13(5-3-12)17-14(19)8-11-6-7-15-9-11/h2-5,11,15H,6-9H2,1H3,(H,16,18)(H,17,19). The molecule has 0 spiro atoms. The molecule has 0 saturated carbocycles. The van der Waals surface area contributed by atoms with Gasteiger partial charge >= 0.3 is 0 Å². The number of rotatable bonds is 4. The highest BCUT2D eigenvalue weighted by atomic mass is 16.2. The van der Waals surface area contributed by atoms with E-state index in [9.17, 15) is 9.59 Å². The predicted octanol–water partition coefficient (Wildman–Crippen LogP) is 1.58. The average Bonchev–Trinajstić information content (AvgIpc) is 2.83. The predicted molar refractivity (Wildman–Crippen MR) is 75.0 cm³/mol. The van der Waals surface area contributed by atoms with Gasteiger partial charge in [0.2, 0.25) is 11.8 Å². The maximum Gasteiger partial charge on any atom is 0.224 e. The van der Waals surface area contributed by atoms with E-state index in [1.807, 2.05) is 0 Å². The second-order valence-corrected chi connectivity index (χ2v) is 4.87. The van der Waals surface area contributed by atoms with Gasteiger partial charge in [-0.05, 0) is 49.7 Å². The Morgan fingerprint density at radius 3 is 2.37 bits per heavy atom. The first-order chi connectivity index (χ1) is 9.13.